The molecule has 0 aliphatic carbocycles. The van der Waals surface area contributed by atoms with Crippen LogP contribution in [-0.2, 0) is 28.6 Å². The number of carbonyl (C=O) groups is 3. The van der Waals surface area contributed by atoms with Crippen LogP contribution in [0, 0.1) is 0 Å². The van der Waals surface area contributed by atoms with E-state index in [-0.39, 0.29) is 31.1 Å². The van der Waals surface area contributed by atoms with Crippen molar-refractivity contribution in [2.24, 2.45) is 0 Å². The second kappa shape index (κ2) is 69.9. The van der Waals surface area contributed by atoms with Crippen LogP contribution in [0.4, 0.5) is 0 Å². The Labute approximate surface area is 505 Å². The maximum atomic E-state index is 13.0. The zero-order valence-electron chi connectivity index (χ0n) is 54.6. The summed E-state index contributed by atoms with van der Waals surface area (Å²) in [6.07, 6.45) is 88.6. The summed E-state index contributed by atoms with van der Waals surface area (Å²) in [6.45, 7) is 6.67. The molecule has 0 aromatic heterocycles. The van der Waals surface area contributed by atoms with Crippen LogP contribution in [0.3, 0.4) is 0 Å². The lowest BCUT2D eigenvalue weighted by Gasteiger charge is -2.18. The van der Waals surface area contributed by atoms with E-state index >= 15 is 0 Å². The van der Waals surface area contributed by atoms with E-state index in [1.54, 1.807) is 0 Å². The van der Waals surface area contributed by atoms with Gasteiger partial charge in [0.05, 0.1) is 0 Å². The van der Waals surface area contributed by atoms with Gasteiger partial charge in [-0.3, -0.25) is 14.4 Å². The minimum absolute atomic E-state index is 0.0749. The molecule has 0 aliphatic rings. The standard InChI is InChI=1S/C75H138O6/c1-4-7-10-13-16-19-22-25-28-30-32-34-35-36-37-38-39-41-42-44-47-50-53-56-59-62-65-68-74(77)80-71-72(70-79-73(76)67-64-61-58-55-52-49-46-27-24-21-18-15-12-9-6-3)81-75(78)69-66-63-60-57-54-51-48-45-43-40-33-31-29-26-23-20-17-14-11-8-5-2/h18,21,27,30-33,46,72H,4-17,19-20,22-26,28-29,34-45,47-71H2,1-3H3/b21-18-,32-30-,33-31-,46-27-. The molecule has 0 saturated heterocycles. The van der Waals surface area contributed by atoms with Crippen LogP contribution in [0.2, 0.25) is 0 Å². The smallest absolute Gasteiger partial charge is 0.306 e. The Hall–Kier alpha value is -2.63. The lowest BCUT2D eigenvalue weighted by molar-refractivity contribution is -0.167. The third-order valence-electron chi connectivity index (χ3n) is 16.3. The van der Waals surface area contributed by atoms with Gasteiger partial charge >= 0.3 is 17.9 Å². The number of ether oxygens (including phenoxy) is 3. The van der Waals surface area contributed by atoms with Gasteiger partial charge in [-0.1, -0.05) is 320 Å². The summed E-state index contributed by atoms with van der Waals surface area (Å²) in [4.78, 5) is 38.5. The highest BCUT2D eigenvalue weighted by atomic mass is 16.6. The summed E-state index contributed by atoms with van der Waals surface area (Å²) in [7, 11) is 0. The second-order valence-corrected chi connectivity index (χ2v) is 24.5. The molecule has 0 aromatic carbocycles. The van der Waals surface area contributed by atoms with Crippen molar-refractivity contribution in [2.45, 2.75) is 399 Å². The van der Waals surface area contributed by atoms with Crippen LogP contribution < -0.4 is 0 Å². The monoisotopic (exact) mass is 1140 g/mol. The molecule has 1 unspecified atom stereocenters. The molecule has 81 heavy (non-hydrogen) atoms. The number of rotatable bonds is 67. The van der Waals surface area contributed by atoms with Gasteiger partial charge in [-0.15, -0.1) is 0 Å². The molecule has 0 aliphatic heterocycles. The number of hydrogen-bond acceptors (Lipinski definition) is 6. The van der Waals surface area contributed by atoms with Gasteiger partial charge in [0.25, 0.3) is 0 Å². The molecule has 0 bridgehead atoms. The van der Waals surface area contributed by atoms with E-state index in [0.29, 0.717) is 19.3 Å². The van der Waals surface area contributed by atoms with Crippen molar-refractivity contribution in [1.29, 1.82) is 0 Å². The van der Waals surface area contributed by atoms with Gasteiger partial charge in [-0.25, -0.2) is 0 Å². The molecule has 6 heteroatoms. The second-order valence-electron chi connectivity index (χ2n) is 24.5. The summed E-state index contributed by atoms with van der Waals surface area (Å²) >= 11 is 0. The number of unbranched alkanes of at least 4 members (excludes halogenated alkanes) is 48. The zero-order valence-corrected chi connectivity index (χ0v) is 54.6. The zero-order chi connectivity index (χ0) is 58.5. The van der Waals surface area contributed by atoms with E-state index in [0.717, 1.165) is 77.0 Å². The summed E-state index contributed by atoms with van der Waals surface area (Å²) in [6, 6.07) is 0. The van der Waals surface area contributed by atoms with Gasteiger partial charge in [0.1, 0.15) is 13.2 Å². The quantitative estimate of drug-likeness (QED) is 0.0261. The SMILES string of the molecule is CCCCC/C=C\C/C=C\CCCCCCCC(=O)OCC(COC(=O)CCCCCCCCCCCCCCCCC/C=C\CCCCCCCCCC)OC(=O)CCCCCCCCCCC/C=C\CCCCCCCCCC. The fourth-order valence-corrected chi connectivity index (χ4v) is 10.8. The van der Waals surface area contributed by atoms with Crippen molar-refractivity contribution in [3.05, 3.63) is 48.6 Å². The van der Waals surface area contributed by atoms with Gasteiger partial charge in [-0.05, 0) is 103 Å². The number of carbonyl (C=O) groups excluding carboxylic acids is 3. The highest BCUT2D eigenvalue weighted by Crippen LogP contribution is 2.18. The Kier molecular flexibility index (Phi) is 67.6. The molecule has 474 valence electrons. The van der Waals surface area contributed by atoms with Crippen molar-refractivity contribution in [2.75, 3.05) is 13.2 Å². The predicted molar refractivity (Wildman–Crippen MR) is 353 cm³/mol. The molecule has 0 radical (unpaired) electrons. The third kappa shape index (κ3) is 68.0. The van der Waals surface area contributed by atoms with Crippen molar-refractivity contribution >= 4 is 17.9 Å². The third-order valence-corrected chi connectivity index (χ3v) is 16.3. The van der Waals surface area contributed by atoms with E-state index in [2.05, 4.69) is 69.4 Å². The van der Waals surface area contributed by atoms with Crippen LogP contribution in [0.25, 0.3) is 0 Å². The summed E-state index contributed by atoms with van der Waals surface area (Å²) in [5, 5.41) is 0. The Balaban J connectivity index is 4.26. The molecular formula is C75H138O6. The van der Waals surface area contributed by atoms with E-state index in [1.165, 1.54) is 276 Å². The lowest BCUT2D eigenvalue weighted by Crippen LogP contribution is -2.30. The van der Waals surface area contributed by atoms with Crippen LogP contribution in [-0.4, -0.2) is 37.2 Å². The molecule has 6 nitrogen and oxygen atoms in total. The van der Waals surface area contributed by atoms with E-state index in [1.807, 2.05) is 0 Å². The number of esters is 3. The van der Waals surface area contributed by atoms with E-state index < -0.39 is 6.10 Å². The first-order valence-corrected chi connectivity index (χ1v) is 36.1. The summed E-state index contributed by atoms with van der Waals surface area (Å²) in [5.74, 6) is -0.866. The molecule has 0 aromatic rings. The van der Waals surface area contributed by atoms with E-state index in [9.17, 15) is 14.4 Å². The first-order valence-electron chi connectivity index (χ1n) is 36.1. The van der Waals surface area contributed by atoms with Crippen LogP contribution >= 0.6 is 0 Å². The first kappa shape index (κ1) is 78.4. The Morgan fingerprint density at radius 1 is 0.247 bits per heavy atom. The van der Waals surface area contributed by atoms with Crippen molar-refractivity contribution in [3.8, 4) is 0 Å². The summed E-state index contributed by atoms with van der Waals surface area (Å²) in [5.41, 5.74) is 0. The van der Waals surface area contributed by atoms with Crippen LogP contribution in [0.1, 0.15) is 393 Å². The van der Waals surface area contributed by atoms with Gasteiger partial charge in [0.15, 0.2) is 6.10 Å². The maximum Gasteiger partial charge on any atom is 0.306 e. The fourth-order valence-electron chi connectivity index (χ4n) is 10.8. The molecular weight excluding hydrogens is 997 g/mol. The Morgan fingerprint density at radius 2 is 0.444 bits per heavy atom. The highest BCUT2D eigenvalue weighted by Gasteiger charge is 2.19. The van der Waals surface area contributed by atoms with Crippen molar-refractivity contribution < 1.29 is 28.6 Å². The Bertz CT molecular complexity index is 1400. The van der Waals surface area contributed by atoms with Gasteiger partial charge in [0.2, 0.25) is 0 Å². The lowest BCUT2D eigenvalue weighted by atomic mass is 10.0. The predicted octanol–water partition coefficient (Wildman–Crippen LogP) is 24.9. The number of hydrogen-bond donors (Lipinski definition) is 0. The van der Waals surface area contributed by atoms with E-state index in [4.69, 9.17) is 14.2 Å². The Morgan fingerprint density at radius 3 is 0.716 bits per heavy atom. The average Bonchev–Trinajstić information content (AvgIpc) is 3.47. The largest absolute Gasteiger partial charge is 0.462 e. The molecule has 1 atom stereocenters. The molecule has 0 rings (SSSR count). The van der Waals surface area contributed by atoms with Gasteiger partial charge < -0.3 is 14.2 Å². The normalized spacial score (nSPS) is 12.3. The number of allylic oxidation sites excluding steroid dienone is 8. The fraction of sp³-hybridized carbons (Fsp3) is 0.853. The summed E-state index contributed by atoms with van der Waals surface area (Å²) < 4.78 is 17.0. The van der Waals surface area contributed by atoms with Crippen LogP contribution in [0.15, 0.2) is 48.6 Å². The minimum Gasteiger partial charge on any atom is -0.462 e. The molecule has 0 fully saturated rings. The molecule has 0 heterocycles. The minimum atomic E-state index is -0.781. The highest BCUT2D eigenvalue weighted by molar-refractivity contribution is 5.71. The topological polar surface area (TPSA) is 78.9 Å². The molecule has 0 amide bonds. The van der Waals surface area contributed by atoms with Crippen molar-refractivity contribution in [3.63, 3.8) is 0 Å². The van der Waals surface area contributed by atoms with Gasteiger partial charge in [-0.2, -0.15) is 0 Å². The van der Waals surface area contributed by atoms with Crippen LogP contribution in [0.5, 0.6) is 0 Å². The van der Waals surface area contributed by atoms with Gasteiger partial charge in [0, 0.05) is 19.3 Å². The molecule has 0 saturated carbocycles. The molecule has 0 N–H and O–H groups in total. The van der Waals surface area contributed by atoms with Crippen molar-refractivity contribution in [1.82, 2.24) is 0 Å². The first-order chi connectivity index (χ1) is 40.0. The average molecular weight is 1140 g/mol. The maximum absolute atomic E-state index is 13.0. The molecule has 0 spiro atoms.